The van der Waals surface area contributed by atoms with Crippen molar-refractivity contribution in [2.75, 3.05) is 6.61 Å². The summed E-state index contributed by atoms with van der Waals surface area (Å²) in [5, 5.41) is 9.01. The maximum atomic E-state index is 9.20. The molecule has 20 heavy (non-hydrogen) atoms. The van der Waals surface area contributed by atoms with Crippen LogP contribution in [0.5, 0.6) is 5.75 Å². The molecular weight excluding hydrogens is 396 g/mol. The third kappa shape index (κ3) is 7.66. The maximum absolute atomic E-state index is 9.20. The lowest BCUT2D eigenvalue weighted by molar-refractivity contribution is 0.368. The molecule has 0 saturated carbocycles. The van der Waals surface area contributed by atoms with Crippen LogP contribution in [0, 0.1) is 0 Å². The van der Waals surface area contributed by atoms with Crippen LogP contribution >= 0.6 is 66.6 Å². The van der Waals surface area contributed by atoms with E-state index in [9.17, 15) is 5.11 Å². The highest BCUT2D eigenvalue weighted by atomic mass is 35.5. The predicted molar refractivity (Wildman–Crippen MR) is 82.1 cm³/mol. The van der Waals surface area contributed by atoms with Crippen molar-refractivity contribution in [1.82, 2.24) is 0 Å². The number of ether oxygens (including phenoxy) is 1. The number of epoxide rings is 1. The molecule has 1 aromatic rings. The smallest absolute Gasteiger partial charge is 0.324 e. The molecule has 5 nitrogen and oxygen atoms in total. The minimum atomic E-state index is -2.62. The molecule has 0 bridgehead atoms. The van der Waals surface area contributed by atoms with E-state index >= 15 is 0 Å². The van der Waals surface area contributed by atoms with E-state index in [-0.39, 0.29) is 30.9 Å². The van der Waals surface area contributed by atoms with Crippen molar-refractivity contribution < 1.29 is 24.5 Å². The van der Waals surface area contributed by atoms with Crippen molar-refractivity contribution in [3.63, 3.8) is 0 Å². The molecular formula is C9H10Cl5O5P. The lowest BCUT2D eigenvalue weighted by Crippen LogP contribution is -1.78. The number of phenolic OH excluding ortho intramolecular Hbond substituents is 1. The van der Waals surface area contributed by atoms with Gasteiger partial charge in [0.15, 0.2) is 5.75 Å². The zero-order chi connectivity index (χ0) is 16.0. The summed E-state index contributed by atoms with van der Waals surface area (Å²) in [5.41, 5.74) is 0. The van der Waals surface area contributed by atoms with Crippen LogP contribution in [-0.2, 0) is 4.74 Å². The minimum Gasteiger partial charge on any atom is -0.505 e. The summed E-state index contributed by atoms with van der Waals surface area (Å²) in [6.45, 7) is 3.04. The zero-order valence-electron chi connectivity index (χ0n) is 9.82. The van der Waals surface area contributed by atoms with Gasteiger partial charge in [-0.1, -0.05) is 58.0 Å². The number of phenols is 1. The summed E-state index contributed by atoms with van der Waals surface area (Å²) in [7, 11) is -2.62. The van der Waals surface area contributed by atoms with E-state index in [0.29, 0.717) is 6.10 Å². The average molecular weight is 406 g/mol. The summed E-state index contributed by atoms with van der Waals surface area (Å²) in [5.74, 6) is -0.363. The van der Waals surface area contributed by atoms with Crippen molar-refractivity contribution in [3.8, 4) is 5.75 Å². The van der Waals surface area contributed by atoms with Gasteiger partial charge in [-0.3, -0.25) is 0 Å². The first-order valence-corrected chi connectivity index (χ1v) is 7.87. The normalized spacial score (nSPS) is 16.0. The molecule has 1 atom stereocenters. The van der Waals surface area contributed by atoms with Crippen LogP contribution < -0.4 is 0 Å². The summed E-state index contributed by atoms with van der Waals surface area (Å²) in [6.07, 6.45) is 0.583. The van der Waals surface area contributed by atoms with Gasteiger partial charge in [-0.15, -0.1) is 0 Å². The topological polar surface area (TPSA) is 93.5 Å². The number of halogens is 5. The second-order valence-electron chi connectivity index (χ2n) is 3.33. The Labute approximate surface area is 141 Å². The summed E-state index contributed by atoms with van der Waals surface area (Å²) in [6, 6.07) is 0. The first-order valence-electron chi connectivity index (χ1n) is 4.78. The molecule has 1 heterocycles. The fourth-order valence-corrected chi connectivity index (χ4v) is 1.82. The summed E-state index contributed by atoms with van der Waals surface area (Å²) in [4.78, 5) is 21.7. The van der Waals surface area contributed by atoms with Gasteiger partial charge in [0.05, 0.1) is 27.8 Å². The van der Waals surface area contributed by atoms with Gasteiger partial charge in [-0.2, -0.15) is 0 Å². The second-order valence-corrected chi connectivity index (χ2v) is 5.76. The Bertz CT molecular complexity index is 347. The van der Waals surface area contributed by atoms with Crippen LogP contribution in [0.15, 0.2) is 0 Å². The monoisotopic (exact) mass is 404 g/mol. The molecule has 0 amide bonds. The second kappa shape index (κ2) is 9.70. The predicted octanol–water partition coefficient (Wildman–Crippen LogP) is 4.25. The van der Waals surface area contributed by atoms with Crippen LogP contribution in [0.25, 0.3) is 0 Å². The molecule has 0 spiro atoms. The fourth-order valence-electron chi connectivity index (χ4n) is 0.690. The molecule has 0 radical (unpaired) electrons. The Morgan fingerprint density at radius 2 is 1.10 bits per heavy atom. The van der Waals surface area contributed by atoms with Gasteiger partial charge in [0.1, 0.15) is 10.0 Å². The quantitative estimate of drug-likeness (QED) is 0.224. The van der Waals surface area contributed by atoms with Gasteiger partial charge in [0.25, 0.3) is 0 Å². The molecule has 1 saturated heterocycles. The number of hydrogen-bond donors (Lipinski definition) is 4. The Morgan fingerprint density at radius 3 is 1.30 bits per heavy atom. The van der Waals surface area contributed by atoms with E-state index < -0.39 is 8.60 Å². The van der Waals surface area contributed by atoms with Crippen molar-refractivity contribution in [2.24, 2.45) is 0 Å². The lowest BCUT2D eigenvalue weighted by Gasteiger charge is -2.06. The average Bonchev–Trinajstić information content (AvgIpc) is 3.14. The number of rotatable bonds is 0. The third-order valence-corrected chi connectivity index (χ3v) is 3.94. The highest BCUT2D eigenvalue weighted by molar-refractivity contribution is 7.38. The summed E-state index contributed by atoms with van der Waals surface area (Å²) >= 11 is 27.9. The standard InChI is InChI=1S/C6HCl5O.C3H6O.H3O3P/c7-1-2(8)4(10)6(12)5(11)3(1)9;1-3-2-4-3;1-4(2)3/h12H;3H,2H2,1H3;1-3H. The molecule has 0 aromatic heterocycles. The minimum absolute atomic E-state index is 0.00904. The van der Waals surface area contributed by atoms with Crippen LogP contribution in [0.1, 0.15) is 6.92 Å². The largest absolute Gasteiger partial charge is 0.505 e. The molecule has 116 valence electrons. The van der Waals surface area contributed by atoms with Crippen LogP contribution in [0.2, 0.25) is 25.1 Å². The Kier molecular flexibility index (Phi) is 10.1. The van der Waals surface area contributed by atoms with E-state index in [1.807, 2.05) is 0 Å². The molecule has 1 aromatic carbocycles. The molecule has 1 fully saturated rings. The number of aromatic hydroxyl groups is 1. The molecule has 1 unspecified atom stereocenters. The van der Waals surface area contributed by atoms with Gasteiger partial charge in [-0.05, 0) is 6.92 Å². The maximum Gasteiger partial charge on any atom is 0.324 e. The SMILES string of the molecule is CC1CO1.OP(O)O.Oc1c(Cl)c(Cl)c(Cl)c(Cl)c1Cl. The Hall–Kier alpha value is 0.740. The van der Waals surface area contributed by atoms with Gasteiger partial charge < -0.3 is 24.5 Å². The van der Waals surface area contributed by atoms with Gasteiger partial charge in [-0.25, -0.2) is 0 Å². The zero-order valence-corrected chi connectivity index (χ0v) is 14.5. The Balaban J connectivity index is 0.000000368. The highest BCUT2D eigenvalue weighted by Crippen LogP contribution is 2.47. The van der Waals surface area contributed by atoms with Gasteiger partial charge in [0.2, 0.25) is 0 Å². The number of hydrogen-bond acceptors (Lipinski definition) is 5. The Morgan fingerprint density at radius 1 is 0.900 bits per heavy atom. The third-order valence-electron chi connectivity index (χ3n) is 1.69. The van der Waals surface area contributed by atoms with Crippen molar-refractivity contribution in [3.05, 3.63) is 25.1 Å². The van der Waals surface area contributed by atoms with Gasteiger partial charge >= 0.3 is 8.60 Å². The van der Waals surface area contributed by atoms with E-state index in [1.54, 1.807) is 0 Å². The fraction of sp³-hybridized carbons (Fsp3) is 0.333. The highest BCUT2D eigenvalue weighted by Gasteiger charge is 2.18. The van der Waals surface area contributed by atoms with Gasteiger partial charge in [0, 0.05) is 0 Å². The van der Waals surface area contributed by atoms with Crippen LogP contribution in [-0.4, -0.2) is 32.5 Å². The molecule has 1 aliphatic heterocycles. The van der Waals surface area contributed by atoms with E-state index in [0.717, 1.165) is 6.61 Å². The first-order chi connectivity index (χ1) is 9.09. The lowest BCUT2D eigenvalue weighted by atomic mass is 10.3. The molecule has 11 heteroatoms. The molecule has 1 aliphatic rings. The first kappa shape index (κ1) is 20.7. The molecule has 4 N–H and O–H groups in total. The van der Waals surface area contributed by atoms with E-state index in [4.69, 9.17) is 77.4 Å². The van der Waals surface area contributed by atoms with Crippen LogP contribution in [0.3, 0.4) is 0 Å². The van der Waals surface area contributed by atoms with E-state index in [1.165, 1.54) is 0 Å². The molecule has 2 rings (SSSR count). The molecule has 0 aliphatic carbocycles. The van der Waals surface area contributed by atoms with E-state index in [2.05, 4.69) is 6.92 Å². The van der Waals surface area contributed by atoms with Crippen molar-refractivity contribution in [1.29, 1.82) is 0 Å². The van der Waals surface area contributed by atoms with Crippen LogP contribution in [0.4, 0.5) is 0 Å². The summed E-state index contributed by atoms with van der Waals surface area (Å²) < 4.78 is 4.71. The van der Waals surface area contributed by atoms with Crippen molar-refractivity contribution in [2.45, 2.75) is 13.0 Å². The van der Waals surface area contributed by atoms with Crippen molar-refractivity contribution >= 4 is 66.6 Å². The number of benzene rings is 1.